The summed E-state index contributed by atoms with van der Waals surface area (Å²) in [6.45, 7) is 0. The van der Waals surface area contributed by atoms with Gasteiger partial charge in [0, 0.05) is 12.5 Å². The van der Waals surface area contributed by atoms with E-state index in [4.69, 9.17) is 0 Å². The molecule has 0 unspecified atom stereocenters. The van der Waals surface area contributed by atoms with E-state index in [0.29, 0.717) is 6.42 Å². The molecule has 2 aromatic rings. The van der Waals surface area contributed by atoms with Gasteiger partial charge in [0.15, 0.2) is 0 Å². The number of carbonyl (C=O) groups excluding carboxylic acids is 2. The number of nitrogens with zero attached hydrogens (tertiary/aromatic N) is 1. The van der Waals surface area contributed by atoms with Crippen molar-refractivity contribution in [2.24, 2.45) is 23.2 Å². The summed E-state index contributed by atoms with van der Waals surface area (Å²) in [7, 11) is 0. The highest BCUT2D eigenvalue weighted by atomic mass is 32.1. The van der Waals surface area contributed by atoms with Gasteiger partial charge < -0.3 is 0 Å². The number of para-hydroxylation sites is 1. The number of thiazole rings is 1. The van der Waals surface area contributed by atoms with Gasteiger partial charge >= 0.3 is 0 Å². The van der Waals surface area contributed by atoms with Gasteiger partial charge in [-0.25, -0.2) is 4.98 Å². The Morgan fingerprint density at radius 3 is 2.43 bits per heavy atom. The molecule has 5 nitrogen and oxygen atoms in total. The van der Waals surface area contributed by atoms with Crippen LogP contribution < -0.4 is 10.9 Å². The second-order valence-electron chi connectivity index (χ2n) is 8.98. The van der Waals surface area contributed by atoms with E-state index >= 15 is 0 Å². The smallest absolute Gasteiger partial charge is 0.262 e. The fourth-order valence-corrected chi connectivity index (χ4v) is 7.04. The van der Waals surface area contributed by atoms with Gasteiger partial charge in [-0.05, 0) is 79.9 Å². The normalized spacial score (nSPS) is 30.8. The number of fused-ring (bicyclic) bond motifs is 1. The van der Waals surface area contributed by atoms with Crippen LogP contribution in [0.1, 0.15) is 50.0 Å². The zero-order valence-corrected chi connectivity index (χ0v) is 16.6. The van der Waals surface area contributed by atoms with Crippen LogP contribution in [0.5, 0.6) is 0 Å². The lowest BCUT2D eigenvalue weighted by molar-refractivity contribution is -0.133. The molecule has 28 heavy (non-hydrogen) atoms. The Balaban J connectivity index is 1.14. The maximum Gasteiger partial charge on any atom is 0.262 e. The SMILES string of the molecule is O=C(/C=C/c1nc2ccccc2s1)NNC(=O)CC12CC3CC(CC(C3)C1)C2. The van der Waals surface area contributed by atoms with Crippen molar-refractivity contribution >= 4 is 39.4 Å². The number of hydrazine groups is 1. The summed E-state index contributed by atoms with van der Waals surface area (Å²) in [6, 6.07) is 7.88. The third-order valence-electron chi connectivity index (χ3n) is 6.71. The standard InChI is InChI=1S/C22H25N3O2S/c26-19(5-6-21-23-17-3-1-2-4-18(17)28-21)24-25-20(27)13-22-10-14-7-15(11-22)9-16(8-14)12-22/h1-6,14-16H,7-13H2,(H,24,26)(H,25,27)/b6-5+. The molecular formula is C22H25N3O2S. The Bertz CT molecular complexity index is 880. The molecule has 4 bridgehead atoms. The quantitative estimate of drug-likeness (QED) is 0.606. The van der Waals surface area contributed by atoms with Crippen molar-refractivity contribution in [1.82, 2.24) is 15.8 Å². The van der Waals surface area contributed by atoms with Crippen molar-refractivity contribution in [3.8, 4) is 0 Å². The molecule has 0 radical (unpaired) electrons. The molecule has 0 aliphatic heterocycles. The molecule has 4 aliphatic carbocycles. The Morgan fingerprint density at radius 1 is 1.07 bits per heavy atom. The van der Waals surface area contributed by atoms with Crippen molar-refractivity contribution in [3.05, 3.63) is 35.3 Å². The summed E-state index contributed by atoms with van der Waals surface area (Å²) >= 11 is 1.53. The lowest BCUT2D eigenvalue weighted by Gasteiger charge is -2.56. The van der Waals surface area contributed by atoms with Gasteiger partial charge in [-0.2, -0.15) is 0 Å². The molecule has 0 spiro atoms. The Labute approximate surface area is 168 Å². The molecule has 0 saturated heterocycles. The molecule has 1 heterocycles. The van der Waals surface area contributed by atoms with Crippen LogP contribution in [-0.4, -0.2) is 16.8 Å². The maximum atomic E-state index is 12.5. The molecule has 6 rings (SSSR count). The molecule has 2 amide bonds. The van der Waals surface area contributed by atoms with E-state index in [1.807, 2.05) is 24.3 Å². The zero-order chi connectivity index (χ0) is 19.1. The van der Waals surface area contributed by atoms with Gasteiger partial charge in [0.05, 0.1) is 10.2 Å². The summed E-state index contributed by atoms with van der Waals surface area (Å²) in [4.78, 5) is 29.0. The molecule has 4 aliphatic rings. The van der Waals surface area contributed by atoms with E-state index in [9.17, 15) is 9.59 Å². The van der Waals surface area contributed by atoms with E-state index < -0.39 is 0 Å². The van der Waals surface area contributed by atoms with Gasteiger partial charge in [-0.15, -0.1) is 11.3 Å². The summed E-state index contributed by atoms with van der Waals surface area (Å²) in [5.74, 6) is 2.07. The van der Waals surface area contributed by atoms with Crippen molar-refractivity contribution in [2.75, 3.05) is 0 Å². The summed E-state index contributed by atoms with van der Waals surface area (Å²) in [5, 5.41) is 0.774. The van der Waals surface area contributed by atoms with E-state index in [1.54, 1.807) is 6.08 Å². The highest BCUT2D eigenvalue weighted by Gasteiger charge is 2.51. The minimum atomic E-state index is -0.335. The molecule has 1 aromatic heterocycles. The fourth-order valence-electron chi connectivity index (χ4n) is 6.17. The third kappa shape index (κ3) is 3.58. The first-order chi connectivity index (χ1) is 13.6. The molecule has 4 saturated carbocycles. The van der Waals surface area contributed by atoms with Gasteiger partial charge in [0.25, 0.3) is 5.91 Å². The largest absolute Gasteiger partial charge is 0.273 e. The lowest BCUT2D eigenvalue weighted by Crippen LogP contribution is -2.49. The van der Waals surface area contributed by atoms with Crippen LogP contribution in [0.15, 0.2) is 30.3 Å². The number of hydrogen-bond donors (Lipinski definition) is 2. The van der Waals surface area contributed by atoms with E-state index in [0.717, 1.165) is 33.0 Å². The number of nitrogens with one attached hydrogen (secondary N) is 2. The molecule has 4 fully saturated rings. The minimum absolute atomic E-state index is 0.0660. The van der Waals surface area contributed by atoms with Crippen LogP contribution in [-0.2, 0) is 9.59 Å². The van der Waals surface area contributed by atoms with E-state index in [2.05, 4.69) is 15.8 Å². The van der Waals surface area contributed by atoms with Crippen molar-refractivity contribution in [1.29, 1.82) is 0 Å². The third-order valence-corrected chi connectivity index (χ3v) is 7.72. The Kier molecular flexibility index (Phi) is 4.46. The van der Waals surface area contributed by atoms with Crippen molar-refractivity contribution in [3.63, 3.8) is 0 Å². The predicted octanol–water partition coefficient (Wildman–Crippen LogP) is 4.06. The number of rotatable bonds is 4. The molecule has 2 N–H and O–H groups in total. The topological polar surface area (TPSA) is 71.1 Å². The average molecular weight is 396 g/mol. The minimum Gasteiger partial charge on any atom is -0.273 e. The highest BCUT2D eigenvalue weighted by Crippen LogP contribution is 2.61. The first-order valence-corrected chi connectivity index (χ1v) is 11.0. The van der Waals surface area contributed by atoms with Crippen LogP contribution in [0.25, 0.3) is 16.3 Å². The number of carbonyl (C=O) groups is 2. The number of aromatic nitrogens is 1. The summed E-state index contributed by atoms with van der Waals surface area (Å²) in [5.41, 5.74) is 6.24. The molecule has 1 aromatic carbocycles. The number of amides is 2. The second kappa shape index (κ2) is 6.99. The van der Waals surface area contributed by atoms with Crippen LogP contribution in [0.2, 0.25) is 0 Å². The lowest BCUT2D eigenvalue weighted by atomic mass is 9.49. The molecule has 0 atom stereocenters. The highest BCUT2D eigenvalue weighted by molar-refractivity contribution is 7.19. The maximum absolute atomic E-state index is 12.5. The van der Waals surface area contributed by atoms with Gasteiger partial charge in [0.1, 0.15) is 5.01 Å². The van der Waals surface area contributed by atoms with Gasteiger partial charge in [-0.3, -0.25) is 20.4 Å². The molecule has 6 heteroatoms. The monoisotopic (exact) mass is 395 g/mol. The first-order valence-electron chi connectivity index (χ1n) is 10.2. The predicted molar refractivity (Wildman–Crippen MR) is 110 cm³/mol. The number of hydrogen-bond acceptors (Lipinski definition) is 4. The summed E-state index contributed by atoms with van der Waals surface area (Å²) in [6.07, 6.45) is 11.3. The second-order valence-corrected chi connectivity index (χ2v) is 10.0. The van der Waals surface area contributed by atoms with E-state index in [1.165, 1.54) is 55.9 Å². The Morgan fingerprint density at radius 2 is 1.75 bits per heavy atom. The van der Waals surface area contributed by atoms with Crippen LogP contribution >= 0.6 is 11.3 Å². The summed E-state index contributed by atoms with van der Waals surface area (Å²) < 4.78 is 1.09. The van der Waals surface area contributed by atoms with Gasteiger partial charge in [0.2, 0.25) is 5.91 Å². The number of benzene rings is 1. The van der Waals surface area contributed by atoms with Crippen molar-refractivity contribution in [2.45, 2.75) is 44.9 Å². The first kappa shape index (κ1) is 17.9. The van der Waals surface area contributed by atoms with Gasteiger partial charge in [-0.1, -0.05) is 12.1 Å². The average Bonchev–Trinajstić information content (AvgIpc) is 3.06. The molecule has 146 valence electrons. The van der Waals surface area contributed by atoms with Crippen LogP contribution in [0.3, 0.4) is 0 Å². The zero-order valence-electron chi connectivity index (χ0n) is 15.8. The van der Waals surface area contributed by atoms with Crippen molar-refractivity contribution < 1.29 is 9.59 Å². The Hall–Kier alpha value is -2.21. The van der Waals surface area contributed by atoms with E-state index in [-0.39, 0.29) is 17.2 Å². The fraction of sp³-hybridized carbons (Fsp3) is 0.500. The van der Waals surface area contributed by atoms with Crippen LogP contribution in [0.4, 0.5) is 0 Å². The molecular weight excluding hydrogens is 370 g/mol. The van der Waals surface area contributed by atoms with Crippen LogP contribution in [0, 0.1) is 23.2 Å².